The minimum absolute atomic E-state index is 0.0598. The second-order valence-electron chi connectivity index (χ2n) is 4.46. The van der Waals surface area contributed by atoms with Crippen LogP contribution in [0.1, 0.15) is 17.6 Å². The van der Waals surface area contributed by atoms with Crippen molar-refractivity contribution >= 4 is 0 Å². The van der Waals surface area contributed by atoms with Crippen LogP contribution in [0.25, 0.3) is 0 Å². The van der Waals surface area contributed by atoms with E-state index in [9.17, 15) is 8.78 Å². The van der Waals surface area contributed by atoms with Crippen LogP contribution < -0.4 is 4.74 Å². The summed E-state index contributed by atoms with van der Waals surface area (Å²) in [4.78, 5) is 2.09. The van der Waals surface area contributed by atoms with Gasteiger partial charge in [-0.15, -0.1) is 0 Å². The first-order valence-electron chi connectivity index (χ1n) is 6.23. The Labute approximate surface area is 113 Å². The fraction of sp³-hybridized carbons (Fsp3) is 0.571. The van der Waals surface area contributed by atoms with Gasteiger partial charge in [-0.2, -0.15) is 0 Å². The quantitative estimate of drug-likeness (QED) is 0.727. The maximum absolute atomic E-state index is 12.6. The zero-order valence-corrected chi connectivity index (χ0v) is 11.7. The molecule has 0 aromatic heterocycles. The summed E-state index contributed by atoms with van der Waals surface area (Å²) in [5.41, 5.74) is 0.616. The van der Waals surface area contributed by atoms with Crippen molar-refractivity contribution in [2.75, 3.05) is 40.5 Å². The predicted octanol–water partition coefficient (Wildman–Crippen LogP) is 2.89. The SMILES string of the molecule is COCCN(C)CCOc1ccc(C(F)F)c(C)c1. The second-order valence-corrected chi connectivity index (χ2v) is 4.46. The lowest BCUT2D eigenvalue weighted by molar-refractivity contribution is 0.149. The molecule has 108 valence electrons. The highest BCUT2D eigenvalue weighted by Gasteiger charge is 2.10. The molecule has 0 atom stereocenters. The van der Waals surface area contributed by atoms with E-state index in [1.807, 2.05) is 7.05 Å². The lowest BCUT2D eigenvalue weighted by atomic mass is 10.1. The van der Waals surface area contributed by atoms with Crippen molar-refractivity contribution in [2.24, 2.45) is 0 Å². The molecule has 0 bridgehead atoms. The Morgan fingerprint density at radius 3 is 2.47 bits per heavy atom. The number of hydrogen-bond donors (Lipinski definition) is 0. The Morgan fingerprint density at radius 1 is 1.21 bits per heavy atom. The summed E-state index contributed by atoms with van der Waals surface area (Å²) in [5.74, 6) is 0.627. The Bertz CT molecular complexity index is 386. The zero-order chi connectivity index (χ0) is 14.3. The van der Waals surface area contributed by atoms with Gasteiger partial charge < -0.3 is 14.4 Å². The van der Waals surface area contributed by atoms with Gasteiger partial charge in [0, 0.05) is 25.8 Å². The molecule has 0 radical (unpaired) electrons. The van der Waals surface area contributed by atoms with Crippen molar-refractivity contribution in [2.45, 2.75) is 13.3 Å². The maximum atomic E-state index is 12.6. The lowest BCUT2D eigenvalue weighted by Crippen LogP contribution is -2.27. The smallest absolute Gasteiger partial charge is 0.264 e. The Kier molecular flexibility index (Phi) is 6.73. The van der Waals surface area contributed by atoms with E-state index in [1.165, 1.54) is 6.07 Å². The molecule has 0 saturated heterocycles. The molecule has 0 N–H and O–H groups in total. The number of likely N-dealkylation sites (N-methyl/N-ethyl adjacent to an activating group) is 1. The molecular formula is C14H21F2NO2. The van der Waals surface area contributed by atoms with Crippen LogP contribution in [0, 0.1) is 6.92 Å². The van der Waals surface area contributed by atoms with Crippen molar-refractivity contribution in [1.29, 1.82) is 0 Å². The molecule has 0 aliphatic rings. The molecular weight excluding hydrogens is 252 g/mol. The van der Waals surface area contributed by atoms with E-state index in [4.69, 9.17) is 9.47 Å². The fourth-order valence-corrected chi connectivity index (χ4v) is 1.66. The molecule has 19 heavy (non-hydrogen) atoms. The van der Waals surface area contributed by atoms with Gasteiger partial charge in [0.1, 0.15) is 12.4 Å². The third-order valence-electron chi connectivity index (χ3n) is 2.90. The average molecular weight is 273 g/mol. The first kappa shape index (κ1) is 15.9. The summed E-state index contributed by atoms with van der Waals surface area (Å²) < 4.78 is 35.7. The average Bonchev–Trinajstić information content (AvgIpc) is 2.36. The van der Waals surface area contributed by atoms with Crippen LogP contribution in [0.3, 0.4) is 0 Å². The summed E-state index contributed by atoms with van der Waals surface area (Å²) >= 11 is 0. The highest BCUT2D eigenvalue weighted by molar-refractivity contribution is 5.35. The summed E-state index contributed by atoms with van der Waals surface area (Å²) in [6.45, 7) is 4.47. The van der Waals surface area contributed by atoms with E-state index in [1.54, 1.807) is 26.2 Å². The standard InChI is InChI=1S/C14H21F2NO2/c1-11-10-12(4-5-13(11)14(15)16)19-9-7-17(2)6-8-18-3/h4-5,10,14H,6-9H2,1-3H3. The van der Waals surface area contributed by atoms with Crippen LogP contribution in [0.5, 0.6) is 5.75 Å². The fourth-order valence-electron chi connectivity index (χ4n) is 1.66. The van der Waals surface area contributed by atoms with Gasteiger partial charge in [0.05, 0.1) is 6.61 Å². The zero-order valence-electron chi connectivity index (χ0n) is 11.7. The van der Waals surface area contributed by atoms with Gasteiger partial charge in [0.15, 0.2) is 0 Å². The highest BCUT2D eigenvalue weighted by atomic mass is 19.3. The monoisotopic (exact) mass is 273 g/mol. The van der Waals surface area contributed by atoms with Crippen molar-refractivity contribution in [3.8, 4) is 5.75 Å². The molecule has 3 nitrogen and oxygen atoms in total. The second kappa shape index (κ2) is 8.07. The molecule has 0 spiro atoms. The van der Waals surface area contributed by atoms with E-state index < -0.39 is 6.43 Å². The molecule has 1 rings (SSSR count). The highest BCUT2D eigenvalue weighted by Crippen LogP contribution is 2.25. The third kappa shape index (κ3) is 5.53. The van der Waals surface area contributed by atoms with Crippen LogP contribution in [0.4, 0.5) is 8.78 Å². The molecule has 0 aliphatic carbocycles. The Morgan fingerprint density at radius 2 is 1.89 bits per heavy atom. The van der Waals surface area contributed by atoms with E-state index >= 15 is 0 Å². The minimum Gasteiger partial charge on any atom is -0.492 e. The Hall–Kier alpha value is -1.20. The summed E-state index contributed by atoms with van der Waals surface area (Å²) in [7, 11) is 3.64. The van der Waals surface area contributed by atoms with Crippen LogP contribution in [0.2, 0.25) is 0 Å². The van der Waals surface area contributed by atoms with Gasteiger partial charge >= 0.3 is 0 Å². The molecule has 0 aliphatic heterocycles. The summed E-state index contributed by atoms with van der Waals surface area (Å²) in [5, 5.41) is 0. The number of methoxy groups -OCH3 is 1. The van der Waals surface area contributed by atoms with Gasteiger partial charge in [0.2, 0.25) is 0 Å². The van der Waals surface area contributed by atoms with Gasteiger partial charge in [-0.1, -0.05) is 0 Å². The number of ether oxygens (including phenoxy) is 2. The number of rotatable bonds is 8. The lowest BCUT2D eigenvalue weighted by Gasteiger charge is -2.16. The number of alkyl halides is 2. The number of benzene rings is 1. The first-order chi connectivity index (χ1) is 9.04. The molecule has 1 aromatic rings. The first-order valence-corrected chi connectivity index (χ1v) is 6.23. The van der Waals surface area contributed by atoms with E-state index in [0.717, 1.165) is 13.1 Å². The molecule has 0 unspecified atom stereocenters. The van der Waals surface area contributed by atoms with Gasteiger partial charge in [0.25, 0.3) is 6.43 Å². The van der Waals surface area contributed by atoms with Crippen LogP contribution in [0.15, 0.2) is 18.2 Å². The molecule has 0 amide bonds. The third-order valence-corrected chi connectivity index (χ3v) is 2.90. The predicted molar refractivity (Wildman–Crippen MR) is 71.0 cm³/mol. The van der Waals surface area contributed by atoms with Gasteiger partial charge in [-0.3, -0.25) is 0 Å². The molecule has 0 fully saturated rings. The van der Waals surface area contributed by atoms with Crippen molar-refractivity contribution < 1.29 is 18.3 Å². The van der Waals surface area contributed by atoms with Gasteiger partial charge in [-0.25, -0.2) is 8.78 Å². The van der Waals surface area contributed by atoms with Crippen molar-refractivity contribution in [3.63, 3.8) is 0 Å². The number of halogens is 2. The normalized spacial score (nSPS) is 11.3. The number of nitrogens with zero attached hydrogens (tertiary/aromatic N) is 1. The molecule has 0 saturated carbocycles. The summed E-state index contributed by atoms with van der Waals surface area (Å²) in [6.07, 6.45) is -2.44. The number of hydrogen-bond acceptors (Lipinski definition) is 3. The number of aryl methyl sites for hydroxylation is 1. The topological polar surface area (TPSA) is 21.7 Å². The molecule has 5 heteroatoms. The Balaban J connectivity index is 2.40. The largest absolute Gasteiger partial charge is 0.492 e. The molecule has 1 aromatic carbocycles. The molecule has 0 heterocycles. The summed E-state index contributed by atoms with van der Waals surface area (Å²) in [6, 6.07) is 4.66. The van der Waals surface area contributed by atoms with Crippen molar-refractivity contribution in [1.82, 2.24) is 4.90 Å². The van der Waals surface area contributed by atoms with Crippen molar-refractivity contribution in [3.05, 3.63) is 29.3 Å². The van der Waals surface area contributed by atoms with Crippen LogP contribution >= 0.6 is 0 Å². The van der Waals surface area contributed by atoms with E-state index in [2.05, 4.69) is 4.90 Å². The van der Waals surface area contributed by atoms with Crippen LogP contribution in [-0.2, 0) is 4.74 Å². The maximum Gasteiger partial charge on any atom is 0.264 e. The van der Waals surface area contributed by atoms with E-state index in [-0.39, 0.29) is 5.56 Å². The van der Waals surface area contributed by atoms with E-state index in [0.29, 0.717) is 24.5 Å². The van der Waals surface area contributed by atoms with Gasteiger partial charge in [-0.05, 0) is 37.7 Å². The van der Waals surface area contributed by atoms with Crippen LogP contribution in [-0.4, -0.2) is 45.4 Å². The minimum atomic E-state index is -2.44.